The predicted octanol–water partition coefficient (Wildman–Crippen LogP) is 1.76. The minimum absolute atomic E-state index is 0.236. The molecule has 8 heteroatoms. The molecule has 0 saturated heterocycles. The largest absolute Gasteiger partial charge is 0.387 e. The van der Waals surface area contributed by atoms with Gasteiger partial charge in [0.15, 0.2) is 11.5 Å². The van der Waals surface area contributed by atoms with Gasteiger partial charge in [-0.3, -0.25) is 10.1 Å². The van der Waals surface area contributed by atoms with E-state index in [1.165, 1.54) is 18.3 Å². The molecule has 1 atom stereocenters. The summed E-state index contributed by atoms with van der Waals surface area (Å²) in [6, 6.07) is 3.52. The molecule has 100 valence electrons. The summed E-state index contributed by atoms with van der Waals surface area (Å²) in [6.07, 6.45) is 0.858. The van der Waals surface area contributed by atoms with E-state index in [2.05, 4.69) is 10.3 Å². The summed E-state index contributed by atoms with van der Waals surface area (Å²) in [4.78, 5) is 10.2. The van der Waals surface area contributed by atoms with Crippen molar-refractivity contribution in [2.75, 3.05) is 0 Å². The Kier molecular flexibility index (Phi) is 3.52. The van der Waals surface area contributed by atoms with Crippen LogP contribution in [0.3, 0.4) is 0 Å². The Bertz CT molecular complexity index is 614. The number of rotatable bonds is 4. The number of aromatic nitrogens is 3. The van der Waals surface area contributed by atoms with E-state index < -0.39 is 22.5 Å². The van der Waals surface area contributed by atoms with Crippen LogP contribution in [0.15, 0.2) is 24.4 Å². The highest BCUT2D eigenvalue weighted by Gasteiger charge is 2.21. The molecule has 0 spiro atoms. The van der Waals surface area contributed by atoms with Crippen molar-refractivity contribution in [1.82, 2.24) is 15.0 Å². The summed E-state index contributed by atoms with van der Waals surface area (Å²) < 4.78 is 14.7. The van der Waals surface area contributed by atoms with Gasteiger partial charge in [0.05, 0.1) is 17.2 Å². The molecule has 1 heterocycles. The number of halogens is 1. The fourth-order valence-corrected chi connectivity index (χ4v) is 1.63. The minimum Gasteiger partial charge on any atom is -0.387 e. The number of benzene rings is 1. The van der Waals surface area contributed by atoms with Gasteiger partial charge in [0.25, 0.3) is 5.69 Å². The molecule has 0 fully saturated rings. The highest BCUT2D eigenvalue weighted by Crippen LogP contribution is 2.25. The molecule has 0 aliphatic carbocycles. The van der Waals surface area contributed by atoms with Crippen molar-refractivity contribution >= 4 is 5.69 Å². The molecule has 0 saturated carbocycles. The number of hydrogen-bond acceptors (Lipinski definition) is 5. The second kappa shape index (κ2) is 5.11. The number of aliphatic hydroxyl groups is 1. The van der Waals surface area contributed by atoms with E-state index in [4.69, 9.17) is 0 Å². The van der Waals surface area contributed by atoms with Gasteiger partial charge in [0.2, 0.25) is 0 Å². The van der Waals surface area contributed by atoms with Crippen LogP contribution in [-0.2, 0) is 0 Å². The maximum absolute atomic E-state index is 13.7. The number of nitro benzene ring substituents is 1. The van der Waals surface area contributed by atoms with E-state index in [0.29, 0.717) is 6.42 Å². The maximum Gasteiger partial charge on any atom is 0.297 e. The van der Waals surface area contributed by atoms with Crippen LogP contribution in [0, 0.1) is 15.9 Å². The van der Waals surface area contributed by atoms with Crippen molar-refractivity contribution < 1.29 is 14.4 Å². The minimum atomic E-state index is -0.834. The van der Waals surface area contributed by atoms with Crippen LogP contribution in [0.2, 0.25) is 0 Å². The van der Waals surface area contributed by atoms with Crippen LogP contribution in [-0.4, -0.2) is 25.0 Å². The molecule has 1 aromatic carbocycles. The third kappa shape index (κ3) is 2.43. The first kappa shape index (κ1) is 13.1. The van der Waals surface area contributed by atoms with Gasteiger partial charge in [0, 0.05) is 6.07 Å². The molecule has 0 aliphatic rings. The summed E-state index contributed by atoms with van der Waals surface area (Å²) in [5, 5.41) is 27.8. The van der Waals surface area contributed by atoms with E-state index in [1.54, 1.807) is 6.92 Å². The van der Waals surface area contributed by atoms with E-state index in [9.17, 15) is 19.6 Å². The molecule has 0 amide bonds. The number of hydrogen-bond donors (Lipinski definition) is 1. The van der Waals surface area contributed by atoms with Crippen molar-refractivity contribution in [3.63, 3.8) is 0 Å². The Morgan fingerprint density at radius 2 is 2.32 bits per heavy atom. The lowest BCUT2D eigenvalue weighted by Crippen LogP contribution is -2.03. The monoisotopic (exact) mass is 266 g/mol. The quantitative estimate of drug-likeness (QED) is 0.672. The summed E-state index contributed by atoms with van der Waals surface area (Å²) in [6.45, 7) is 1.75. The van der Waals surface area contributed by atoms with Crippen molar-refractivity contribution in [2.24, 2.45) is 0 Å². The van der Waals surface area contributed by atoms with Crippen LogP contribution in [0.1, 0.15) is 25.1 Å². The molecule has 0 radical (unpaired) electrons. The van der Waals surface area contributed by atoms with Gasteiger partial charge in [-0.1, -0.05) is 18.2 Å². The van der Waals surface area contributed by atoms with Crippen molar-refractivity contribution in [3.8, 4) is 5.69 Å². The van der Waals surface area contributed by atoms with Crippen molar-refractivity contribution in [1.29, 1.82) is 0 Å². The van der Waals surface area contributed by atoms with Crippen LogP contribution < -0.4 is 0 Å². The molecular weight excluding hydrogens is 255 g/mol. The van der Waals surface area contributed by atoms with Gasteiger partial charge in [-0.05, 0) is 12.5 Å². The van der Waals surface area contributed by atoms with Gasteiger partial charge in [-0.15, -0.1) is 5.10 Å². The lowest BCUT2D eigenvalue weighted by atomic mass is 10.2. The van der Waals surface area contributed by atoms with Gasteiger partial charge >= 0.3 is 0 Å². The van der Waals surface area contributed by atoms with Crippen LogP contribution in [0.25, 0.3) is 5.69 Å². The first-order valence-electron chi connectivity index (χ1n) is 5.58. The fraction of sp³-hybridized carbons (Fsp3) is 0.273. The summed E-state index contributed by atoms with van der Waals surface area (Å²) >= 11 is 0. The SMILES string of the molecule is CCC(O)c1cn(-c2c(F)cccc2[N+](=O)[O-])nn1. The van der Waals surface area contributed by atoms with E-state index in [1.807, 2.05) is 0 Å². The zero-order valence-electron chi connectivity index (χ0n) is 10.0. The Morgan fingerprint density at radius 3 is 2.95 bits per heavy atom. The summed E-state index contributed by atoms with van der Waals surface area (Å²) in [7, 11) is 0. The Labute approximate surface area is 107 Å². The van der Waals surface area contributed by atoms with E-state index in [-0.39, 0.29) is 11.4 Å². The van der Waals surface area contributed by atoms with Crippen LogP contribution in [0.5, 0.6) is 0 Å². The molecular formula is C11H11FN4O3. The predicted molar refractivity (Wildman–Crippen MR) is 63.2 cm³/mol. The van der Waals surface area contributed by atoms with Gasteiger partial charge < -0.3 is 5.11 Å². The van der Waals surface area contributed by atoms with E-state index in [0.717, 1.165) is 10.7 Å². The van der Waals surface area contributed by atoms with Crippen molar-refractivity contribution in [3.05, 3.63) is 46.0 Å². The Hall–Kier alpha value is -2.35. The van der Waals surface area contributed by atoms with Crippen molar-refractivity contribution in [2.45, 2.75) is 19.4 Å². The molecule has 2 aromatic rings. The summed E-state index contributed by atoms with van der Waals surface area (Å²) in [5.41, 5.74) is -0.475. The van der Waals surface area contributed by atoms with Crippen LogP contribution >= 0.6 is 0 Å². The highest BCUT2D eigenvalue weighted by atomic mass is 19.1. The highest BCUT2D eigenvalue weighted by molar-refractivity contribution is 5.52. The third-order valence-corrected chi connectivity index (χ3v) is 2.63. The molecule has 19 heavy (non-hydrogen) atoms. The first-order valence-corrected chi connectivity index (χ1v) is 5.58. The average Bonchev–Trinajstić information content (AvgIpc) is 2.86. The first-order chi connectivity index (χ1) is 9.04. The molecule has 1 unspecified atom stereocenters. The average molecular weight is 266 g/mol. The zero-order valence-corrected chi connectivity index (χ0v) is 10.0. The van der Waals surface area contributed by atoms with Gasteiger partial charge in [-0.25, -0.2) is 9.07 Å². The topological polar surface area (TPSA) is 94.1 Å². The lowest BCUT2D eigenvalue weighted by Gasteiger charge is -2.03. The smallest absolute Gasteiger partial charge is 0.297 e. The number of nitro groups is 1. The Morgan fingerprint density at radius 1 is 1.58 bits per heavy atom. The van der Waals surface area contributed by atoms with Gasteiger partial charge in [0.1, 0.15) is 5.69 Å². The molecule has 1 aromatic heterocycles. The van der Waals surface area contributed by atoms with E-state index >= 15 is 0 Å². The number of aliphatic hydroxyl groups excluding tert-OH is 1. The second-order valence-electron chi connectivity index (χ2n) is 3.88. The van der Waals surface area contributed by atoms with Crippen LogP contribution in [0.4, 0.5) is 10.1 Å². The second-order valence-corrected chi connectivity index (χ2v) is 3.88. The number of para-hydroxylation sites is 1. The number of nitrogens with zero attached hydrogens (tertiary/aromatic N) is 4. The normalized spacial score (nSPS) is 12.4. The molecule has 0 bridgehead atoms. The van der Waals surface area contributed by atoms with Gasteiger partial charge in [-0.2, -0.15) is 0 Å². The summed E-state index contributed by atoms with van der Waals surface area (Å²) in [5.74, 6) is -0.781. The standard InChI is InChI=1S/C11H11FN4O3/c1-2-10(17)8-6-15(14-13-8)11-7(12)4-3-5-9(11)16(18)19/h3-6,10,17H,2H2,1H3. The molecule has 7 nitrogen and oxygen atoms in total. The maximum atomic E-state index is 13.7. The molecule has 0 aliphatic heterocycles. The lowest BCUT2D eigenvalue weighted by molar-refractivity contribution is -0.384. The molecule has 2 rings (SSSR count). The fourth-order valence-electron chi connectivity index (χ4n) is 1.63. The zero-order chi connectivity index (χ0) is 14.0. The third-order valence-electron chi connectivity index (χ3n) is 2.63. The Balaban J connectivity index is 2.53. The molecule has 1 N–H and O–H groups in total.